The van der Waals surface area contributed by atoms with Crippen molar-refractivity contribution in [2.45, 2.75) is 18.4 Å². The smallest absolute Gasteiger partial charge is 0.243 e. The van der Waals surface area contributed by atoms with Crippen molar-refractivity contribution in [1.82, 2.24) is 14.2 Å². The van der Waals surface area contributed by atoms with Crippen LogP contribution in [0.15, 0.2) is 53.7 Å². The topological polar surface area (TPSA) is 53.5 Å². The molecule has 5 nitrogen and oxygen atoms in total. The molecule has 0 radical (unpaired) electrons. The molecule has 1 fully saturated rings. The molecule has 122 valence electrons. The van der Waals surface area contributed by atoms with Crippen molar-refractivity contribution in [2.75, 3.05) is 26.2 Å². The number of hydrogen-bond acceptors (Lipinski definition) is 4. The number of nitrogens with zero attached hydrogens (tertiary/aromatic N) is 3. The second-order valence-electron chi connectivity index (χ2n) is 5.80. The van der Waals surface area contributed by atoms with Crippen LogP contribution in [0.4, 0.5) is 0 Å². The summed E-state index contributed by atoms with van der Waals surface area (Å²) >= 11 is 0. The maximum Gasteiger partial charge on any atom is 0.243 e. The van der Waals surface area contributed by atoms with Crippen molar-refractivity contribution in [2.24, 2.45) is 0 Å². The largest absolute Gasteiger partial charge is 0.296 e. The second-order valence-corrected chi connectivity index (χ2v) is 7.71. The Labute approximate surface area is 137 Å². The molecule has 2 aromatic rings. The monoisotopic (exact) mass is 331 g/mol. The zero-order valence-electron chi connectivity index (χ0n) is 13.2. The third-order valence-corrected chi connectivity index (χ3v) is 6.26. The first kappa shape index (κ1) is 16.1. The van der Waals surface area contributed by atoms with Crippen molar-refractivity contribution >= 4 is 10.0 Å². The van der Waals surface area contributed by atoms with E-state index in [2.05, 4.69) is 9.88 Å². The average Bonchev–Trinajstić information content (AvgIpc) is 2.56. The molecule has 0 aliphatic carbocycles. The van der Waals surface area contributed by atoms with Crippen LogP contribution in [0.25, 0.3) is 0 Å². The van der Waals surface area contributed by atoms with Crippen LogP contribution in [-0.4, -0.2) is 48.8 Å². The van der Waals surface area contributed by atoms with Gasteiger partial charge in [-0.15, -0.1) is 0 Å². The molecule has 3 rings (SSSR count). The minimum atomic E-state index is -3.39. The van der Waals surface area contributed by atoms with E-state index >= 15 is 0 Å². The molecule has 1 saturated heterocycles. The normalized spacial score (nSPS) is 17.3. The predicted octanol–water partition coefficient (Wildman–Crippen LogP) is 1.90. The zero-order valence-corrected chi connectivity index (χ0v) is 14.0. The first-order valence-electron chi connectivity index (χ1n) is 7.74. The lowest BCUT2D eigenvalue weighted by Crippen LogP contribution is -2.48. The zero-order chi connectivity index (χ0) is 16.3. The Morgan fingerprint density at radius 1 is 1.00 bits per heavy atom. The van der Waals surface area contributed by atoms with E-state index in [0.29, 0.717) is 18.0 Å². The van der Waals surface area contributed by atoms with Gasteiger partial charge in [-0.2, -0.15) is 4.31 Å². The van der Waals surface area contributed by atoms with Crippen LogP contribution in [0.3, 0.4) is 0 Å². The number of pyridine rings is 1. The molecule has 1 aliphatic rings. The predicted molar refractivity (Wildman–Crippen MR) is 89.5 cm³/mol. The molecule has 2 heterocycles. The van der Waals surface area contributed by atoms with E-state index in [1.807, 2.05) is 31.2 Å². The molecule has 0 spiro atoms. The first-order chi connectivity index (χ1) is 11.1. The average molecular weight is 331 g/mol. The van der Waals surface area contributed by atoms with Gasteiger partial charge in [0.05, 0.1) is 4.90 Å². The van der Waals surface area contributed by atoms with Gasteiger partial charge >= 0.3 is 0 Å². The number of aryl methyl sites for hydroxylation is 1. The number of rotatable bonds is 4. The molecule has 0 saturated carbocycles. The van der Waals surface area contributed by atoms with E-state index in [9.17, 15) is 8.42 Å². The van der Waals surface area contributed by atoms with Crippen LogP contribution in [0.2, 0.25) is 0 Å². The summed E-state index contributed by atoms with van der Waals surface area (Å²) in [6.45, 7) is 5.22. The van der Waals surface area contributed by atoms with Gasteiger partial charge in [-0.1, -0.05) is 18.2 Å². The van der Waals surface area contributed by atoms with Crippen molar-refractivity contribution in [3.63, 3.8) is 0 Å². The minimum Gasteiger partial charge on any atom is -0.296 e. The van der Waals surface area contributed by atoms with Gasteiger partial charge in [0, 0.05) is 45.1 Å². The molecule has 23 heavy (non-hydrogen) atoms. The standard InChI is InChI=1S/C17H21N3O2S/c1-15-4-2-3-5-17(15)23(21,22)20-12-10-19(11-13-20)14-16-6-8-18-9-7-16/h2-9H,10-14H2,1H3. The first-order valence-corrected chi connectivity index (χ1v) is 9.18. The highest BCUT2D eigenvalue weighted by Crippen LogP contribution is 2.21. The highest BCUT2D eigenvalue weighted by atomic mass is 32.2. The third-order valence-electron chi connectivity index (χ3n) is 4.20. The summed E-state index contributed by atoms with van der Waals surface area (Å²) in [5, 5.41) is 0. The molecule has 1 aromatic heterocycles. The van der Waals surface area contributed by atoms with Crippen LogP contribution in [0, 0.1) is 6.92 Å². The van der Waals surface area contributed by atoms with Gasteiger partial charge in [-0.3, -0.25) is 9.88 Å². The lowest BCUT2D eigenvalue weighted by atomic mass is 10.2. The van der Waals surface area contributed by atoms with E-state index in [-0.39, 0.29) is 0 Å². The Morgan fingerprint density at radius 2 is 1.65 bits per heavy atom. The molecule has 1 aliphatic heterocycles. The van der Waals surface area contributed by atoms with Gasteiger partial charge in [-0.25, -0.2) is 8.42 Å². The minimum absolute atomic E-state index is 0.419. The Hall–Kier alpha value is -1.76. The number of aromatic nitrogens is 1. The van der Waals surface area contributed by atoms with E-state index in [1.54, 1.807) is 28.8 Å². The molecule has 0 unspecified atom stereocenters. The van der Waals surface area contributed by atoms with Crippen LogP contribution in [0.1, 0.15) is 11.1 Å². The van der Waals surface area contributed by atoms with Crippen LogP contribution in [0.5, 0.6) is 0 Å². The lowest BCUT2D eigenvalue weighted by molar-refractivity contribution is 0.181. The number of sulfonamides is 1. The Balaban J connectivity index is 1.66. The van der Waals surface area contributed by atoms with Gasteiger partial charge in [0.2, 0.25) is 10.0 Å². The van der Waals surface area contributed by atoms with Gasteiger partial charge in [-0.05, 0) is 36.2 Å². The van der Waals surface area contributed by atoms with Crippen molar-refractivity contribution in [1.29, 1.82) is 0 Å². The molecule has 1 aromatic carbocycles. The van der Waals surface area contributed by atoms with Crippen molar-refractivity contribution in [3.8, 4) is 0 Å². The quantitative estimate of drug-likeness (QED) is 0.859. The fraction of sp³-hybridized carbons (Fsp3) is 0.353. The van der Waals surface area contributed by atoms with E-state index in [1.165, 1.54) is 5.56 Å². The highest BCUT2D eigenvalue weighted by molar-refractivity contribution is 7.89. The summed E-state index contributed by atoms with van der Waals surface area (Å²) in [5.74, 6) is 0. The van der Waals surface area contributed by atoms with Gasteiger partial charge in [0.25, 0.3) is 0 Å². The summed E-state index contributed by atoms with van der Waals surface area (Å²) in [4.78, 5) is 6.71. The SMILES string of the molecule is Cc1ccccc1S(=O)(=O)N1CCN(Cc2ccncc2)CC1. The van der Waals surface area contributed by atoms with Gasteiger partial charge in [0.15, 0.2) is 0 Å². The molecular formula is C17H21N3O2S. The van der Waals surface area contributed by atoms with Crippen molar-refractivity contribution in [3.05, 3.63) is 59.9 Å². The molecule has 0 atom stereocenters. The summed E-state index contributed by atoms with van der Waals surface area (Å²) < 4.78 is 27.1. The summed E-state index contributed by atoms with van der Waals surface area (Å²) in [6, 6.07) is 11.2. The Bertz CT molecular complexity index is 754. The molecule has 0 amide bonds. The lowest BCUT2D eigenvalue weighted by Gasteiger charge is -2.34. The van der Waals surface area contributed by atoms with Crippen LogP contribution in [-0.2, 0) is 16.6 Å². The van der Waals surface area contributed by atoms with Crippen LogP contribution < -0.4 is 0 Å². The Kier molecular flexibility index (Phi) is 4.75. The Morgan fingerprint density at radius 3 is 2.30 bits per heavy atom. The maximum atomic E-state index is 12.8. The summed E-state index contributed by atoms with van der Waals surface area (Å²) in [7, 11) is -3.39. The maximum absolute atomic E-state index is 12.8. The van der Waals surface area contributed by atoms with Gasteiger partial charge < -0.3 is 0 Å². The van der Waals surface area contributed by atoms with Crippen LogP contribution >= 0.6 is 0 Å². The third kappa shape index (κ3) is 3.60. The number of hydrogen-bond donors (Lipinski definition) is 0. The van der Waals surface area contributed by atoms with E-state index < -0.39 is 10.0 Å². The second kappa shape index (κ2) is 6.78. The number of benzene rings is 1. The number of piperazine rings is 1. The van der Waals surface area contributed by atoms with E-state index in [0.717, 1.165) is 25.2 Å². The molecule has 0 bridgehead atoms. The molecular weight excluding hydrogens is 310 g/mol. The van der Waals surface area contributed by atoms with Gasteiger partial charge in [0.1, 0.15) is 0 Å². The fourth-order valence-electron chi connectivity index (χ4n) is 2.86. The highest BCUT2D eigenvalue weighted by Gasteiger charge is 2.29. The fourth-order valence-corrected chi connectivity index (χ4v) is 4.51. The molecule has 6 heteroatoms. The summed E-state index contributed by atoms with van der Waals surface area (Å²) in [6.07, 6.45) is 3.57. The summed E-state index contributed by atoms with van der Waals surface area (Å²) in [5.41, 5.74) is 2.00. The molecule has 0 N–H and O–H groups in total. The van der Waals surface area contributed by atoms with Crippen molar-refractivity contribution < 1.29 is 8.42 Å². The van der Waals surface area contributed by atoms with E-state index in [4.69, 9.17) is 0 Å².